The molecule has 1 amide bonds. The number of thiophene rings is 1. The van der Waals surface area contributed by atoms with Crippen LogP contribution in [0.5, 0.6) is 0 Å². The molecule has 0 unspecified atom stereocenters. The number of hydrogen-bond donors (Lipinski definition) is 2. The largest absolute Gasteiger partial charge is 0.397 e. The predicted octanol–water partition coefficient (Wildman–Crippen LogP) is 2.22. The number of pyridine rings is 1. The smallest absolute Gasteiger partial charge is 0.265 e. The number of carbonyl (C=O) groups is 1. The molecule has 1 aliphatic heterocycles. The molecule has 3 rings (SSSR count). The molecule has 22 heavy (non-hydrogen) atoms. The van der Waals surface area contributed by atoms with Crippen molar-refractivity contribution in [3.63, 3.8) is 0 Å². The van der Waals surface area contributed by atoms with E-state index in [1.165, 1.54) is 11.3 Å². The quantitative estimate of drug-likeness (QED) is 0.891. The van der Waals surface area contributed by atoms with Crippen LogP contribution in [-0.4, -0.2) is 43.0 Å². The molecule has 6 heteroatoms. The molecule has 1 atom stereocenters. The highest BCUT2D eigenvalue weighted by Crippen LogP contribution is 2.36. The fourth-order valence-electron chi connectivity index (χ4n) is 2.97. The molecule has 0 bridgehead atoms. The van der Waals surface area contributed by atoms with Gasteiger partial charge in [-0.15, -0.1) is 11.3 Å². The van der Waals surface area contributed by atoms with Crippen LogP contribution in [0.4, 0.5) is 5.69 Å². The van der Waals surface area contributed by atoms with Gasteiger partial charge >= 0.3 is 0 Å². The molecule has 0 aliphatic carbocycles. The van der Waals surface area contributed by atoms with Gasteiger partial charge in [-0.05, 0) is 31.5 Å². The minimum Gasteiger partial charge on any atom is -0.397 e. The molecular weight excluding hydrogens is 296 g/mol. The Morgan fingerprint density at radius 3 is 2.86 bits per heavy atom. The minimum atomic E-state index is -0.0624. The Hall–Kier alpha value is -1.66. The third-order valence-corrected chi connectivity index (χ3v) is 5.51. The zero-order chi connectivity index (χ0) is 15.9. The number of hydrogen-bond acceptors (Lipinski definition) is 5. The Labute approximate surface area is 134 Å². The number of nitrogens with two attached hydrogens (primary N) is 1. The molecule has 2 aromatic rings. The van der Waals surface area contributed by atoms with Crippen molar-refractivity contribution in [2.24, 2.45) is 0 Å². The summed E-state index contributed by atoms with van der Waals surface area (Å²) < 4.78 is 0. The molecule has 0 radical (unpaired) electrons. The van der Waals surface area contributed by atoms with E-state index in [0.29, 0.717) is 10.6 Å². The number of nitrogens with zero attached hydrogens (tertiary/aromatic N) is 2. The number of rotatable bonds is 2. The van der Waals surface area contributed by atoms with E-state index in [1.807, 2.05) is 6.07 Å². The summed E-state index contributed by atoms with van der Waals surface area (Å²) in [4.78, 5) is 20.0. The van der Waals surface area contributed by atoms with Crippen LogP contribution in [0.15, 0.2) is 12.1 Å². The summed E-state index contributed by atoms with van der Waals surface area (Å²) in [6.45, 7) is 4.26. The first-order valence-electron chi connectivity index (χ1n) is 7.54. The van der Waals surface area contributed by atoms with Crippen LogP contribution in [0.25, 0.3) is 10.2 Å². The third kappa shape index (κ3) is 2.46. The van der Waals surface area contributed by atoms with Gasteiger partial charge < -0.3 is 16.0 Å². The SMILES string of the molecule is CN(C)C(=O)c1sc2nc([C@@]3(C)CCCNC3)ccc2c1N. The number of amides is 1. The Bertz CT molecular complexity index is 716. The molecule has 2 aromatic heterocycles. The van der Waals surface area contributed by atoms with Crippen LogP contribution in [-0.2, 0) is 5.41 Å². The first-order chi connectivity index (χ1) is 10.4. The van der Waals surface area contributed by atoms with Crippen LogP contribution in [0.1, 0.15) is 35.1 Å². The highest BCUT2D eigenvalue weighted by molar-refractivity contribution is 7.21. The Kier molecular flexibility index (Phi) is 3.82. The summed E-state index contributed by atoms with van der Waals surface area (Å²) in [7, 11) is 3.47. The molecule has 1 fully saturated rings. The van der Waals surface area contributed by atoms with Gasteiger partial charge in [-0.3, -0.25) is 4.79 Å². The second kappa shape index (κ2) is 5.52. The fourth-order valence-corrected chi connectivity index (χ4v) is 4.09. The van der Waals surface area contributed by atoms with Gasteiger partial charge in [0.05, 0.1) is 5.69 Å². The van der Waals surface area contributed by atoms with E-state index in [9.17, 15) is 4.79 Å². The lowest BCUT2D eigenvalue weighted by Crippen LogP contribution is -2.41. The highest BCUT2D eigenvalue weighted by atomic mass is 32.1. The van der Waals surface area contributed by atoms with Gasteiger partial charge in [0, 0.05) is 37.1 Å². The summed E-state index contributed by atoms with van der Waals surface area (Å²) in [6, 6.07) is 4.07. The molecule has 118 valence electrons. The maximum atomic E-state index is 12.2. The van der Waals surface area contributed by atoms with E-state index in [-0.39, 0.29) is 11.3 Å². The molecule has 3 N–H and O–H groups in total. The van der Waals surface area contributed by atoms with E-state index in [1.54, 1.807) is 19.0 Å². The summed E-state index contributed by atoms with van der Waals surface area (Å²) in [5.74, 6) is -0.0624. The topological polar surface area (TPSA) is 71.2 Å². The highest BCUT2D eigenvalue weighted by Gasteiger charge is 2.31. The second-order valence-electron chi connectivity index (χ2n) is 6.43. The predicted molar refractivity (Wildman–Crippen MR) is 91.5 cm³/mol. The maximum absolute atomic E-state index is 12.2. The number of fused-ring (bicyclic) bond motifs is 1. The van der Waals surface area contributed by atoms with Gasteiger partial charge in [-0.2, -0.15) is 0 Å². The van der Waals surface area contributed by atoms with Gasteiger partial charge in [0.25, 0.3) is 5.91 Å². The second-order valence-corrected chi connectivity index (χ2v) is 7.43. The van der Waals surface area contributed by atoms with Crippen LogP contribution >= 0.6 is 11.3 Å². The van der Waals surface area contributed by atoms with Gasteiger partial charge in [-0.1, -0.05) is 6.92 Å². The van der Waals surface area contributed by atoms with E-state index in [0.717, 1.165) is 41.8 Å². The normalized spacial score (nSPS) is 22.0. The molecule has 3 heterocycles. The van der Waals surface area contributed by atoms with Gasteiger partial charge in [0.1, 0.15) is 9.71 Å². The molecule has 1 saturated heterocycles. The standard InChI is InChI=1S/C16H22N4OS/c1-16(7-4-8-18-9-16)11-6-5-10-12(17)13(15(21)20(2)3)22-14(10)19-11/h5-6,18H,4,7-9,17H2,1-3H3/t16-/m0/s1. The van der Waals surface area contributed by atoms with Crippen LogP contribution in [0.3, 0.4) is 0 Å². The van der Waals surface area contributed by atoms with Crippen molar-refractivity contribution < 1.29 is 4.79 Å². The average Bonchev–Trinajstić information content (AvgIpc) is 2.84. The fraction of sp³-hybridized carbons (Fsp3) is 0.500. The molecule has 1 aliphatic rings. The lowest BCUT2D eigenvalue weighted by molar-refractivity contribution is 0.0833. The molecule has 5 nitrogen and oxygen atoms in total. The molecular formula is C16H22N4OS. The lowest BCUT2D eigenvalue weighted by Gasteiger charge is -2.33. The number of nitrogen functional groups attached to an aromatic ring is 1. The molecule has 0 aromatic carbocycles. The van der Waals surface area contributed by atoms with Gasteiger partial charge in [0.15, 0.2) is 0 Å². The summed E-state index contributed by atoms with van der Waals surface area (Å²) in [5.41, 5.74) is 7.83. The van der Waals surface area contributed by atoms with E-state index in [4.69, 9.17) is 10.7 Å². The van der Waals surface area contributed by atoms with Crippen molar-refractivity contribution in [3.05, 3.63) is 22.7 Å². The third-order valence-electron chi connectivity index (χ3n) is 4.41. The van der Waals surface area contributed by atoms with Crippen LogP contribution in [0.2, 0.25) is 0 Å². The average molecular weight is 318 g/mol. The molecule has 0 spiro atoms. The zero-order valence-corrected chi connectivity index (χ0v) is 14.1. The Morgan fingerprint density at radius 1 is 1.45 bits per heavy atom. The summed E-state index contributed by atoms with van der Waals surface area (Å²) in [6.07, 6.45) is 2.29. The summed E-state index contributed by atoms with van der Waals surface area (Å²) >= 11 is 1.39. The minimum absolute atomic E-state index is 0.0525. The van der Waals surface area contributed by atoms with Crippen molar-refractivity contribution >= 4 is 33.1 Å². The van der Waals surface area contributed by atoms with Crippen molar-refractivity contribution in [1.29, 1.82) is 0 Å². The van der Waals surface area contributed by atoms with Crippen molar-refractivity contribution in [2.75, 3.05) is 32.9 Å². The van der Waals surface area contributed by atoms with Crippen molar-refractivity contribution in [1.82, 2.24) is 15.2 Å². The van der Waals surface area contributed by atoms with Crippen molar-refractivity contribution in [2.45, 2.75) is 25.2 Å². The summed E-state index contributed by atoms with van der Waals surface area (Å²) in [5, 5.41) is 4.33. The van der Waals surface area contributed by atoms with Gasteiger partial charge in [-0.25, -0.2) is 4.98 Å². The number of aromatic nitrogens is 1. The number of piperidine rings is 1. The van der Waals surface area contributed by atoms with E-state index in [2.05, 4.69) is 18.3 Å². The monoisotopic (exact) mass is 318 g/mol. The maximum Gasteiger partial charge on any atom is 0.265 e. The molecule has 0 saturated carbocycles. The number of nitrogens with one attached hydrogen (secondary N) is 1. The van der Waals surface area contributed by atoms with Crippen molar-refractivity contribution in [3.8, 4) is 0 Å². The number of carbonyl (C=O) groups excluding carboxylic acids is 1. The number of anilines is 1. The Balaban J connectivity index is 2.05. The first kappa shape index (κ1) is 15.2. The van der Waals surface area contributed by atoms with E-state index >= 15 is 0 Å². The zero-order valence-electron chi connectivity index (χ0n) is 13.3. The first-order valence-corrected chi connectivity index (χ1v) is 8.36. The van der Waals surface area contributed by atoms with Gasteiger partial charge in [0.2, 0.25) is 0 Å². The van der Waals surface area contributed by atoms with E-state index < -0.39 is 0 Å². The Morgan fingerprint density at radius 2 is 2.23 bits per heavy atom. The lowest BCUT2D eigenvalue weighted by atomic mass is 9.79. The van der Waals surface area contributed by atoms with Crippen LogP contribution < -0.4 is 11.1 Å². The van der Waals surface area contributed by atoms with Crippen LogP contribution in [0, 0.1) is 0 Å².